The lowest BCUT2D eigenvalue weighted by molar-refractivity contribution is 0.180. The van der Waals surface area contributed by atoms with E-state index < -0.39 is 17.7 Å². The van der Waals surface area contributed by atoms with Gasteiger partial charge in [0, 0.05) is 52.5 Å². The van der Waals surface area contributed by atoms with Crippen molar-refractivity contribution in [2.24, 2.45) is 4.99 Å². The Balaban J connectivity index is 2.54. The topological polar surface area (TPSA) is 52.1 Å². The molecule has 1 aromatic rings. The number of benzene rings is 1. The molecule has 2 N–H and O–H groups in total. The van der Waals surface area contributed by atoms with Crippen molar-refractivity contribution in [3.05, 3.63) is 35.4 Å². The Labute approximate surface area is 161 Å². The van der Waals surface area contributed by atoms with E-state index in [2.05, 4.69) is 27.6 Å². The zero-order chi connectivity index (χ0) is 20.2. The van der Waals surface area contributed by atoms with Crippen LogP contribution in [-0.4, -0.2) is 83.8 Å². The summed E-state index contributed by atoms with van der Waals surface area (Å²) < 4.78 is 33.3. The number of hydrogen-bond donors (Lipinski definition) is 2. The van der Waals surface area contributed by atoms with Crippen LogP contribution in [0.4, 0.5) is 8.78 Å². The van der Waals surface area contributed by atoms with E-state index in [0.29, 0.717) is 19.0 Å². The second-order valence-electron chi connectivity index (χ2n) is 6.64. The second-order valence-corrected chi connectivity index (χ2v) is 6.64. The molecule has 0 spiro atoms. The Hall–Kier alpha value is -1.77. The summed E-state index contributed by atoms with van der Waals surface area (Å²) in [5.41, 5.74) is 0.0586. The number of aliphatic imine (C=N–C) groups is 1. The van der Waals surface area contributed by atoms with Crippen LogP contribution in [0.25, 0.3) is 0 Å². The molecule has 1 rings (SSSR count). The Bertz CT molecular complexity index is 563. The number of methoxy groups -OCH3 is 1. The zero-order valence-electron chi connectivity index (χ0n) is 17.1. The minimum Gasteiger partial charge on any atom is -0.385 e. The standard InChI is InChI=1S/C19H33F2N5O/c1-22-19(23-10-12-26(4)11-7-13-27-5)24-14-17(25(2)3)18-15(20)8-6-9-16(18)21/h6,8-9,17H,7,10-14H2,1-5H3,(H2,22,23,24). The fourth-order valence-electron chi connectivity index (χ4n) is 2.74. The third-order valence-electron chi connectivity index (χ3n) is 4.32. The molecular weight excluding hydrogens is 352 g/mol. The van der Waals surface area contributed by atoms with Crippen molar-refractivity contribution in [2.75, 3.05) is 68.1 Å². The molecular formula is C19H33F2N5O. The second kappa shape index (κ2) is 12.6. The molecule has 27 heavy (non-hydrogen) atoms. The summed E-state index contributed by atoms with van der Waals surface area (Å²) in [5, 5.41) is 6.38. The van der Waals surface area contributed by atoms with Crippen LogP contribution in [0.5, 0.6) is 0 Å². The molecule has 0 amide bonds. The summed E-state index contributed by atoms with van der Waals surface area (Å²) >= 11 is 0. The average Bonchev–Trinajstić information content (AvgIpc) is 2.62. The van der Waals surface area contributed by atoms with Crippen LogP contribution in [0.1, 0.15) is 18.0 Å². The first kappa shape index (κ1) is 23.3. The van der Waals surface area contributed by atoms with E-state index in [1.807, 2.05) is 0 Å². The van der Waals surface area contributed by atoms with Crippen LogP contribution in [0.2, 0.25) is 0 Å². The quantitative estimate of drug-likeness (QED) is 0.345. The Kier molecular flexibility index (Phi) is 10.8. The van der Waals surface area contributed by atoms with Crippen molar-refractivity contribution in [3.8, 4) is 0 Å². The molecule has 0 fully saturated rings. The summed E-state index contributed by atoms with van der Waals surface area (Å²) in [6.07, 6.45) is 0.985. The molecule has 0 saturated carbocycles. The highest BCUT2D eigenvalue weighted by Gasteiger charge is 2.22. The molecule has 0 bridgehead atoms. The van der Waals surface area contributed by atoms with Crippen molar-refractivity contribution >= 4 is 5.96 Å². The lowest BCUT2D eigenvalue weighted by Crippen LogP contribution is -2.44. The fraction of sp³-hybridized carbons (Fsp3) is 0.632. The van der Waals surface area contributed by atoms with Gasteiger partial charge in [-0.15, -0.1) is 0 Å². The summed E-state index contributed by atoms with van der Waals surface area (Å²) in [5.74, 6) is -0.490. The van der Waals surface area contributed by atoms with Crippen molar-refractivity contribution in [1.29, 1.82) is 0 Å². The third-order valence-corrected chi connectivity index (χ3v) is 4.32. The zero-order valence-corrected chi connectivity index (χ0v) is 17.1. The lowest BCUT2D eigenvalue weighted by atomic mass is 10.0. The first-order chi connectivity index (χ1) is 12.9. The molecule has 0 aliphatic carbocycles. The van der Waals surface area contributed by atoms with Gasteiger partial charge in [-0.25, -0.2) is 8.78 Å². The van der Waals surface area contributed by atoms with Gasteiger partial charge in [0.2, 0.25) is 0 Å². The molecule has 0 radical (unpaired) electrons. The molecule has 154 valence electrons. The number of hydrogen-bond acceptors (Lipinski definition) is 4. The highest BCUT2D eigenvalue weighted by atomic mass is 19.1. The predicted octanol–water partition coefficient (Wildman–Crippen LogP) is 1.70. The van der Waals surface area contributed by atoms with Crippen LogP contribution in [0, 0.1) is 11.6 Å². The highest BCUT2D eigenvalue weighted by Crippen LogP contribution is 2.23. The van der Waals surface area contributed by atoms with Crippen LogP contribution in [0.3, 0.4) is 0 Å². The maximum absolute atomic E-state index is 14.1. The number of likely N-dealkylation sites (N-methyl/N-ethyl adjacent to an activating group) is 2. The molecule has 0 saturated heterocycles. The number of nitrogens with one attached hydrogen (secondary N) is 2. The predicted molar refractivity (Wildman–Crippen MR) is 106 cm³/mol. The van der Waals surface area contributed by atoms with Gasteiger partial charge >= 0.3 is 0 Å². The van der Waals surface area contributed by atoms with Crippen LogP contribution in [0.15, 0.2) is 23.2 Å². The summed E-state index contributed by atoms with van der Waals surface area (Å²) in [4.78, 5) is 8.17. The minimum absolute atomic E-state index is 0.0586. The first-order valence-corrected chi connectivity index (χ1v) is 9.13. The van der Waals surface area contributed by atoms with Gasteiger partial charge in [0.1, 0.15) is 11.6 Å². The lowest BCUT2D eigenvalue weighted by Gasteiger charge is -2.27. The van der Waals surface area contributed by atoms with Crippen LogP contribution >= 0.6 is 0 Å². The fourth-order valence-corrected chi connectivity index (χ4v) is 2.74. The molecule has 0 aliphatic rings. The summed E-state index contributed by atoms with van der Waals surface area (Å²) in [6, 6.07) is 3.47. The number of rotatable bonds is 11. The van der Waals surface area contributed by atoms with Gasteiger partial charge in [-0.05, 0) is 39.7 Å². The Morgan fingerprint density at radius 2 is 1.81 bits per heavy atom. The monoisotopic (exact) mass is 385 g/mol. The van der Waals surface area contributed by atoms with E-state index in [-0.39, 0.29) is 5.56 Å². The molecule has 0 aliphatic heterocycles. The van der Waals surface area contributed by atoms with Gasteiger partial charge in [-0.1, -0.05) is 6.07 Å². The largest absolute Gasteiger partial charge is 0.385 e. The van der Waals surface area contributed by atoms with Crippen molar-refractivity contribution < 1.29 is 13.5 Å². The van der Waals surface area contributed by atoms with Crippen molar-refractivity contribution in [3.63, 3.8) is 0 Å². The van der Waals surface area contributed by atoms with E-state index in [1.54, 1.807) is 33.2 Å². The molecule has 8 heteroatoms. The molecule has 0 heterocycles. The molecule has 0 aromatic heterocycles. The SMILES string of the molecule is CN=C(NCCN(C)CCCOC)NCC(c1c(F)cccc1F)N(C)C. The maximum atomic E-state index is 14.1. The summed E-state index contributed by atoms with van der Waals surface area (Å²) in [7, 11) is 9.01. The maximum Gasteiger partial charge on any atom is 0.191 e. The highest BCUT2D eigenvalue weighted by molar-refractivity contribution is 5.79. The molecule has 1 atom stereocenters. The Morgan fingerprint density at radius 3 is 2.37 bits per heavy atom. The average molecular weight is 386 g/mol. The molecule has 1 aromatic carbocycles. The van der Waals surface area contributed by atoms with Crippen molar-refractivity contribution in [1.82, 2.24) is 20.4 Å². The van der Waals surface area contributed by atoms with Gasteiger partial charge in [-0.2, -0.15) is 0 Å². The summed E-state index contributed by atoms with van der Waals surface area (Å²) in [6.45, 7) is 3.60. The number of halogens is 2. The smallest absolute Gasteiger partial charge is 0.191 e. The van der Waals surface area contributed by atoms with Crippen molar-refractivity contribution in [2.45, 2.75) is 12.5 Å². The normalized spacial score (nSPS) is 13.3. The van der Waals surface area contributed by atoms with Gasteiger partial charge < -0.3 is 25.2 Å². The molecule has 1 unspecified atom stereocenters. The van der Waals surface area contributed by atoms with Gasteiger partial charge in [-0.3, -0.25) is 4.99 Å². The van der Waals surface area contributed by atoms with Gasteiger partial charge in [0.25, 0.3) is 0 Å². The van der Waals surface area contributed by atoms with E-state index in [9.17, 15) is 8.78 Å². The number of guanidine groups is 1. The molecule has 6 nitrogen and oxygen atoms in total. The van der Waals surface area contributed by atoms with Gasteiger partial charge in [0.05, 0.1) is 6.04 Å². The van der Waals surface area contributed by atoms with E-state index >= 15 is 0 Å². The van der Waals surface area contributed by atoms with E-state index in [1.165, 1.54) is 18.2 Å². The minimum atomic E-state index is -0.545. The Morgan fingerprint density at radius 1 is 1.15 bits per heavy atom. The number of nitrogens with zero attached hydrogens (tertiary/aromatic N) is 3. The number of ether oxygens (including phenoxy) is 1. The van der Waals surface area contributed by atoms with Crippen LogP contribution < -0.4 is 10.6 Å². The van der Waals surface area contributed by atoms with E-state index in [4.69, 9.17) is 4.74 Å². The third kappa shape index (κ3) is 8.19. The van der Waals surface area contributed by atoms with Gasteiger partial charge in [0.15, 0.2) is 5.96 Å². The van der Waals surface area contributed by atoms with E-state index in [0.717, 1.165) is 26.1 Å². The first-order valence-electron chi connectivity index (χ1n) is 9.13. The van der Waals surface area contributed by atoms with Crippen LogP contribution in [-0.2, 0) is 4.74 Å².